The minimum atomic E-state index is -0.395. The standard InChI is InChI=1S/C45H36N2O/c1-27(2)33-14-10-15-34(28(3)4)43(33)47-41-19-9-8-18-40(41)46-45(47)37-17-11-16-36-39-25-32-21-20-31-24-30(29-12-6-5-7-13-29)22-23-35(31)38(32)26-42(39)48-44(36)37/h5-28H,1-4H3/p+1/i5D,6D,7D,12D,13D. The number of fused-ring (bicyclic) bond motifs is 7. The van der Waals surface area contributed by atoms with E-state index in [0.717, 1.165) is 65.9 Å². The Hall–Kier alpha value is -5.67. The summed E-state index contributed by atoms with van der Waals surface area (Å²) in [5, 5.41) is 6.01. The van der Waals surface area contributed by atoms with Gasteiger partial charge in [0.2, 0.25) is 0 Å². The summed E-state index contributed by atoms with van der Waals surface area (Å²) in [5.74, 6) is 1.59. The molecule has 232 valence electrons. The molecule has 0 bridgehead atoms. The summed E-state index contributed by atoms with van der Waals surface area (Å²) in [5.41, 5.74) is 9.26. The van der Waals surface area contributed by atoms with Crippen LogP contribution in [0.5, 0.6) is 0 Å². The Morgan fingerprint density at radius 3 is 2.12 bits per heavy atom. The van der Waals surface area contributed by atoms with Gasteiger partial charge in [0.15, 0.2) is 16.6 Å². The van der Waals surface area contributed by atoms with Gasteiger partial charge in [0.05, 0.1) is 6.85 Å². The zero-order chi connectivity index (χ0) is 36.9. The Kier molecular flexibility index (Phi) is 5.39. The Balaban J connectivity index is 1.27. The number of aromatic nitrogens is 2. The van der Waals surface area contributed by atoms with Gasteiger partial charge in [-0.3, -0.25) is 0 Å². The maximum absolute atomic E-state index is 8.50. The van der Waals surface area contributed by atoms with Gasteiger partial charge >= 0.3 is 0 Å². The number of rotatable bonds is 5. The minimum Gasteiger partial charge on any atom is -0.455 e. The molecule has 3 nitrogen and oxygen atoms in total. The second kappa shape index (κ2) is 11.0. The van der Waals surface area contributed by atoms with E-state index in [1.165, 1.54) is 16.8 Å². The third kappa shape index (κ3) is 4.38. The van der Waals surface area contributed by atoms with Crippen LogP contribution in [0.3, 0.4) is 0 Å². The number of nitrogens with one attached hydrogen (secondary N) is 1. The summed E-state index contributed by atoms with van der Waals surface area (Å²) < 4.78 is 50.6. The molecule has 2 heterocycles. The number of furan rings is 1. The van der Waals surface area contributed by atoms with E-state index < -0.39 is 6.04 Å². The smallest absolute Gasteiger partial charge is 0.296 e. The lowest BCUT2D eigenvalue weighted by atomic mass is 9.92. The van der Waals surface area contributed by atoms with Crippen molar-refractivity contribution < 1.29 is 15.8 Å². The fourth-order valence-electron chi connectivity index (χ4n) is 7.36. The molecule has 9 aromatic rings. The van der Waals surface area contributed by atoms with Crippen molar-refractivity contribution in [3.8, 4) is 28.2 Å². The van der Waals surface area contributed by atoms with Gasteiger partial charge in [-0.1, -0.05) is 125 Å². The third-order valence-corrected chi connectivity index (χ3v) is 9.68. The van der Waals surface area contributed by atoms with Crippen LogP contribution in [0.2, 0.25) is 0 Å². The van der Waals surface area contributed by atoms with Gasteiger partial charge in [-0.2, -0.15) is 4.57 Å². The predicted molar refractivity (Wildman–Crippen MR) is 201 cm³/mol. The molecule has 2 aromatic heterocycles. The van der Waals surface area contributed by atoms with Crippen LogP contribution >= 0.6 is 0 Å². The van der Waals surface area contributed by atoms with E-state index in [1.54, 1.807) is 0 Å². The second-order valence-electron chi connectivity index (χ2n) is 13.3. The first-order valence-electron chi connectivity index (χ1n) is 19.1. The largest absolute Gasteiger partial charge is 0.455 e. The molecular formula is C45H37N2O+. The molecule has 0 aliphatic rings. The van der Waals surface area contributed by atoms with Crippen molar-refractivity contribution in [1.82, 2.24) is 4.98 Å². The molecule has 0 aliphatic heterocycles. The molecule has 0 spiro atoms. The molecule has 7 aromatic carbocycles. The molecule has 3 heteroatoms. The number of hydrogen-bond donors (Lipinski definition) is 1. The van der Waals surface area contributed by atoms with Crippen molar-refractivity contribution in [2.45, 2.75) is 39.5 Å². The third-order valence-electron chi connectivity index (χ3n) is 9.68. The maximum Gasteiger partial charge on any atom is 0.296 e. The van der Waals surface area contributed by atoms with Crippen molar-refractivity contribution >= 4 is 54.5 Å². The van der Waals surface area contributed by atoms with Gasteiger partial charge in [-0.15, -0.1) is 0 Å². The minimum absolute atomic E-state index is 0.198. The Morgan fingerprint density at radius 1 is 0.625 bits per heavy atom. The van der Waals surface area contributed by atoms with Crippen molar-refractivity contribution in [2.75, 3.05) is 0 Å². The van der Waals surface area contributed by atoms with Gasteiger partial charge in [0.25, 0.3) is 5.82 Å². The van der Waals surface area contributed by atoms with Crippen LogP contribution in [0.4, 0.5) is 0 Å². The molecule has 0 radical (unpaired) electrons. The van der Waals surface area contributed by atoms with Gasteiger partial charge in [-0.05, 0) is 80.9 Å². The summed E-state index contributed by atoms with van der Waals surface area (Å²) in [4.78, 5) is 3.78. The molecule has 1 N–H and O–H groups in total. The van der Waals surface area contributed by atoms with Crippen LogP contribution in [0.25, 0.3) is 82.7 Å². The normalized spacial score (nSPS) is 13.6. The van der Waals surface area contributed by atoms with E-state index in [1.807, 2.05) is 24.3 Å². The molecular weight excluding hydrogens is 585 g/mol. The number of H-pyrrole nitrogens is 1. The highest BCUT2D eigenvalue weighted by atomic mass is 16.3. The van der Waals surface area contributed by atoms with Crippen LogP contribution in [0.15, 0.2) is 138 Å². The lowest BCUT2D eigenvalue weighted by molar-refractivity contribution is -0.556. The van der Waals surface area contributed by atoms with Crippen LogP contribution in [-0.4, -0.2) is 4.98 Å². The summed E-state index contributed by atoms with van der Waals surface area (Å²) in [7, 11) is 0. The number of para-hydroxylation sites is 4. The van der Waals surface area contributed by atoms with E-state index in [-0.39, 0.29) is 29.7 Å². The number of nitrogens with zero attached hydrogens (tertiary/aromatic N) is 1. The zero-order valence-electron chi connectivity index (χ0n) is 32.3. The second-order valence-corrected chi connectivity index (χ2v) is 13.3. The van der Waals surface area contributed by atoms with Crippen molar-refractivity contribution in [3.05, 3.63) is 144 Å². The van der Waals surface area contributed by atoms with E-state index in [9.17, 15) is 0 Å². The molecule has 0 saturated carbocycles. The first-order chi connectivity index (χ1) is 25.5. The summed E-state index contributed by atoms with van der Waals surface area (Å²) in [6.07, 6.45) is 0. The number of hydrogen-bond acceptors (Lipinski definition) is 1. The highest BCUT2D eigenvalue weighted by Crippen LogP contribution is 2.40. The quantitative estimate of drug-likeness (QED) is 0.150. The molecule has 0 aliphatic carbocycles. The Labute approximate surface area is 287 Å². The Bertz CT molecular complexity index is 2920. The van der Waals surface area contributed by atoms with Gasteiger partial charge in [0.1, 0.15) is 16.8 Å². The van der Waals surface area contributed by atoms with Gasteiger partial charge < -0.3 is 4.42 Å². The van der Waals surface area contributed by atoms with Crippen molar-refractivity contribution in [2.24, 2.45) is 0 Å². The average molecular weight is 627 g/mol. The predicted octanol–water partition coefficient (Wildman–Crippen LogP) is 12.2. The van der Waals surface area contributed by atoms with Crippen LogP contribution < -0.4 is 4.57 Å². The average Bonchev–Trinajstić information content (AvgIpc) is 3.73. The monoisotopic (exact) mass is 626 g/mol. The topological polar surface area (TPSA) is 32.8 Å². The molecule has 48 heavy (non-hydrogen) atoms. The molecule has 0 saturated heterocycles. The first kappa shape index (κ1) is 23.6. The lowest BCUT2D eigenvalue weighted by Gasteiger charge is -2.18. The molecule has 0 fully saturated rings. The maximum atomic E-state index is 8.50. The lowest BCUT2D eigenvalue weighted by Crippen LogP contribution is -2.35. The van der Waals surface area contributed by atoms with Crippen molar-refractivity contribution in [3.63, 3.8) is 0 Å². The van der Waals surface area contributed by atoms with Crippen LogP contribution in [0, 0.1) is 0 Å². The van der Waals surface area contributed by atoms with Gasteiger partial charge in [0, 0.05) is 21.9 Å². The summed E-state index contributed by atoms with van der Waals surface area (Å²) in [6.45, 7) is 9.01. The van der Waals surface area contributed by atoms with Gasteiger partial charge in [-0.25, -0.2) is 4.98 Å². The summed E-state index contributed by atoms with van der Waals surface area (Å²) in [6, 6.07) is 34.1. The molecule has 0 unspecified atom stereocenters. The fourth-order valence-corrected chi connectivity index (χ4v) is 7.36. The van der Waals surface area contributed by atoms with E-state index in [2.05, 4.69) is 116 Å². The Morgan fingerprint density at radius 2 is 1.35 bits per heavy atom. The number of benzene rings is 7. The zero-order valence-corrected chi connectivity index (χ0v) is 27.3. The molecule has 9 rings (SSSR count). The SMILES string of the molecule is [2H]c1c([2H])c([2H])c(-c2ccc3c(ccc4cc5c(cc43)oc3c(-c4[nH]c6ccccc6[n+]4-c4c(C(C)C)cccc4C(C)C)cccc35)c2)c([2H])c1[2H]. The highest BCUT2D eigenvalue weighted by Gasteiger charge is 2.30. The first-order valence-corrected chi connectivity index (χ1v) is 16.6. The van der Waals surface area contributed by atoms with E-state index in [0.29, 0.717) is 17.4 Å². The van der Waals surface area contributed by atoms with Crippen LogP contribution in [0.1, 0.15) is 57.5 Å². The van der Waals surface area contributed by atoms with E-state index >= 15 is 0 Å². The summed E-state index contributed by atoms with van der Waals surface area (Å²) >= 11 is 0. The number of imidazole rings is 1. The fraction of sp³-hybridized carbons (Fsp3) is 0.133. The molecule has 0 atom stereocenters. The molecule has 0 amide bonds. The number of aromatic amines is 1. The van der Waals surface area contributed by atoms with Crippen LogP contribution in [-0.2, 0) is 0 Å². The van der Waals surface area contributed by atoms with Crippen molar-refractivity contribution in [1.29, 1.82) is 0 Å². The highest BCUT2D eigenvalue weighted by molar-refractivity contribution is 6.17. The van der Waals surface area contributed by atoms with E-state index in [4.69, 9.17) is 11.3 Å².